The second kappa shape index (κ2) is 5.93. The summed E-state index contributed by atoms with van der Waals surface area (Å²) in [6.07, 6.45) is 0.872. The molecule has 0 spiro atoms. The molecule has 104 valence electrons. The van der Waals surface area contributed by atoms with Crippen LogP contribution in [0.2, 0.25) is 0 Å². The minimum Gasteiger partial charge on any atom is -0.497 e. The average Bonchev–Trinajstić information content (AvgIpc) is 2.91. The summed E-state index contributed by atoms with van der Waals surface area (Å²) in [7, 11) is 3.12. The van der Waals surface area contributed by atoms with Crippen molar-refractivity contribution in [2.45, 2.75) is 12.3 Å². The minimum absolute atomic E-state index is 0.106. The summed E-state index contributed by atoms with van der Waals surface area (Å²) in [5.74, 6) is 0.00966. The van der Waals surface area contributed by atoms with Gasteiger partial charge in [-0.3, -0.25) is 4.79 Å². The first-order valence-electron chi connectivity index (χ1n) is 6.32. The minimum atomic E-state index is -0.802. The number of carboxylic acids is 1. The Labute approximate surface area is 112 Å². The maximum Gasteiger partial charge on any atom is 0.311 e. The molecule has 5 heteroatoms. The van der Waals surface area contributed by atoms with Crippen molar-refractivity contribution < 1.29 is 19.4 Å². The second-order valence-electron chi connectivity index (χ2n) is 4.71. The molecule has 2 atom stereocenters. The van der Waals surface area contributed by atoms with Crippen LogP contribution >= 0.6 is 0 Å². The highest BCUT2D eigenvalue weighted by Gasteiger charge is 2.32. The molecule has 1 saturated heterocycles. The lowest BCUT2D eigenvalue weighted by Gasteiger charge is -2.20. The molecule has 0 amide bonds. The zero-order chi connectivity index (χ0) is 13.8. The van der Waals surface area contributed by atoms with Crippen molar-refractivity contribution in [3.05, 3.63) is 23.8 Å². The first kappa shape index (κ1) is 13.7. The number of hydrogen-bond donors (Lipinski definition) is 2. The average molecular weight is 265 g/mol. The molecule has 0 radical (unpaired) electrons. The fourth-order valence-corrected chi connectivity index (χ4v) is 2.59. The van der Waals surface area contributed by atoms with Gasteiger partial charge in [-0.1, -0.05) is 0 Å². The van der Waals surface area contributed by atoms with Gasteiger partial charge in [0.25, 0.3) is 0 Å². The van der Waals surface area contributed by atoms with Crippen LogP contribution in [0.25, 0.3) is 0 Å². The van der Waals surface area contributed by atoms with Gasteiger partial charge in [-0.05, 0) is 43.1 Å². The first-order chi connectivity index (χ1) is 9.15. The van der Waals surface area contributed by atoms with E-state index in [0.29, 0.717) is 11.5 Å². The van der Waals surface area contributed by atoms with Crippen molar-refractivity contribution in [3.8, 4) is 11.5 Å². The molecule has 1 fully saturated rings. The van der Waals surface area contributed by atoms with Crippen LogP contribution in [0.5, 0.6) is 11.5 Å². The van der Waals surface area contributed by atoms with Crippen LogP contribution in [-0.2, 0) is 4.79 Å². The van der Waals surface area contributed by atoms with E-state index in [2.05, 4.69) is 5.32 Å². The maximum atomic E-state index is 11.6. The fourth-order valence-electron chi connectivity index (χ4n) is 2.59. The fraction of sp³-hybridized carbons (Fsp3) is 0.500. The third-order valence-corrected chi connectivity index (χ3v) is 3.57. The first-order valence-corrected chi connectivity index (χ1v) is 6.32. The van der Waals surface area contributed by atoms with E-state index in [0.717, 1.165) is 25.1 Å². The van der Waals surface area contributed by atoms with Gasteiger partial charge >= 0.3 is 5.97 Å². The maximum absolute atomic E-state index is 11.6. The number of benzene rings is 1. The highest BCUT2D eigenvalue weighted by atomic mass is 16.5. The molecule has 0 saturated carbocycles. The number of carboxylic acid groups (broad SMARTS) is 1. The van der Waals surface area contributed by atoms with Crippen molar-refractivity contribution in [1.82, 2.24) is 5.32 Å². The second-order valence-corrected chi connectivity index (χ2v) is 4.71. The Hall–Kier alpha value is -1.75. The zero-order valence-electron chi connectivity index (χ0n) is 11.2. The molecule has 0 bridgehead atoms. The summed E-state index contributed by atoms with van der Waals surface area (Å²) >= 11 is 0. The molecule has 1 aliphatic rings. The number of hydrogen-bond acceptors (Lipinski definition) is 4. The Bertz CT molecular complexity index is 433. The largest absolute Gasteiger partial charge is 0.497 e. The van der Waals surface area contributed by atoms with Gasteiger partial charge < -0.3 is 19.9 Å². The molecule has 1 aliphatic heterocycles. The molecule has 0 aromatic heterocycles. The molecular formula is C14H19NO4. The highest BCUT2D eigenvalue weighted by Crippen LogP contribution is 2.34. The standard InChI is InChI=1S/C14H19NO4/c1-18-11-5-10(6-12(7-11)19-2)13(14(16)17)9-3-4-15-8-9/h5-7,9,13,15H,3-4,8H2,1-2H3,(H,16,17). The Morgan fingerprint density at radius 1 is 1.32 bits per heavy atom. The molecule has 2 N–H and O–H groups in total. The molecule has 1 aromatic rings. The highest BCUT2D eigenvalue weighted by molar-refractivity contribution is 5.77. The van der Waals surface area contributed by atoms with Gasteiger partial charge in [-0.2, -0.15) is 0 Å². The van der Waals surface area contributed by atoms with Gasteiger partial charge in [0.15, 0.2) is 0 Å². The van der Waals surface area contributed by atoms with Crippen LogP contribution in [0.4, 0.5) is 0 Å². The molecule has 19 heavy (non-hydrogen) atoms. The van der Waals surface area contributed by atoms with Gasteiger partial charge in [0.1, 0.15) is 11.5 Å². The van der Waals surface area contributed by atoms with Gasteiger partial charge in [-0.25, -0.2) is 0 Å². The van der Waals surface area contributed by atoms with Crippen molar-refractivity contribution in [2.75, 3.05) is 27.3 Å². The molecule has 1 heterocycles. The van der Waals surface area contributed by atoms with E-state index in [-0.39, 0.29) is 5.92 Å². The Balaban J connectivity index is 2.37. The number of aliphatic carboxylic acids is 1. The predicted octanol–water partition coefficient (Wildman–Crippen LogP) is 1.48. The summed E-state index contributed by atoms with van der Waals surface area (Å²) in [6, 6.07) is 5.30. The normalized spacial score (nSPS) is 20.0. The monoisotopic (exact) mass is 265 g/mol. The van der Waals surface area contributed by atoms with Crippen LogP contribution in [0.15, 0.2) is 18.2 Å². The molecule has 0 aliphatic carbocycles. The van der Waals surface area contributed by atoms with Gasteiger partial charge in [0.2, 0.25) is 0 Å². The smallest absolute Gasteiger partial charge is 0.311 e. The number of ether oxygens (including phenoxy) is 2. The SMILES string of the molecule is COc1cc(OC)cc(C(C(=O)O)C2CCNC2)c1. The predicted molar refractivity (Wildman–Crippen MR) is 70.9 cm³/mol. The lowest BCUT2D eigenvalue weighted by Crippen LogP contribution is -2.23. The molecule has 5 nitrogen and oxygen atoms in total. The van der Waals surface area contributed by atoms with E-state index in [4.69, 9.17) is 9.47 Å². The Kier molecular flexibility index (Phi) is 4.27. The zero-order valence-corrected chi connectivity index (χ0v) is 11.2. The molecule has 2 rings (SSSR count). The van der Waals surface area contributed by atoms with Gasteiger partial charge in [-0.15, -0.1) is 0 Å². The van der Waals surface area contributed by atoms with Crippen molar-refractivity contribution in [2.24, 2.45) is 5.92 Å². The van der Waals surface area contributed by atoms with E-state index >= 15 is 0 Å². The lowest BCUT2D eigenvalue weighted by atomic mass is 9.85. The molecule has 2 unspecified atom stereocenters. The third kappa shape index (κ3) is 2.98. The quantitative estimate of drug-likeness (QED) is 0.844. The topological polar surface area (TPSA) is 67.8 Å². The number of methoxy groups -OCH3 is 2. The summed E-state index contributed by atoms with van der Waals surface area (Å²) in [5.41, 5.74) is 0.734. The van der Waals surface area contributed by atoms with Crippen LogP contribution < -0.4 is 14.8 Å². The van der Waals surface area contributed by atoms with E-state index < -0.39 is 11.9 Å². The van der Waals surface area contributed by atoms with Crippen molar-refractivity contribution in [3.63, 3.8) is 0 Å². The number of carbonyl (C=O) groups is 1. The van der Waals surface area contributed by atoms with Crippen LogP contribution in [-0.4, -0.2) is 38.4 Å². The summed E-state index contributed by atoms with van der Waals surface area (Å²) in [4.78, 5) is 11.6. The van der Waals surface area contributed by atoms with E-state index in [1.807, 2.05) is 0 Å². The lowest BCUT2D eigenvalue weighted by molar-refractivity contribution is -0.140. The van der Waals surface area contributed by atoms with Gasteiger partial charge in [0, 0.05) is 6.07 Å². The molecule has 1 aromatic carbocycles. The molecular weight excluding hydrogens is 246 g/mol. The van der Waals surface area contributed by atoms with E-state index in [9.17, 15) is 9.90 Å². The van der Waals surface area contributed by atoms with E-state index in [1.165, 1.54) is 0 Å². The summed E-state index contributed by atoms with van der Waals surface area (Å²) < 4.78 is 10.4. The summed E-state index contributed by atoms with van der Waals surface area (Å²) in [6.45, 7) is 1.60. The van der Waals surface area contributed by atoms with Crippen LogP contribution in [0, 0.1) is 5.92 Å². The van der Waals surface area contributed by atoms with Crippen molar-refractivity contribution in [1.29, 1.82) is 0 Å². The third-order valence-electron chi connectivity index (χ3n) is 3.57. The summed E-state index contributed by atoms with van der Waals surface area (Å²) in [5, 5.41) is 12.7. The van der Waals surface area contributed by atoms with Gasteiger partial charge in [0.05, 0.1) is 20.1 Å². The van der Waals surface area contributed by atoms with Crippen molar-refractivity contribution >= 4 is 5.97 Å². The Morgan fingerprint density at radius 3 is 2.37 bits per heavy atom. The number of rotatable bonds is 5. The number of nitrogens with one attached hydrogen (secondary N) is 1. The van der Waals surface area contributed by atoms with E-state index in [1.54, 1.807) is 32.4 Å². The van der Waals surface area contributed by atoms with Crippen LogP contribution in [0.3, 0.4) is 0 Å². The van der Waals surface area contributed by atoms with Crippen LogP contribution in [0.1, 0.15) is 17.9 Å². The Morgan fingerprint density at radius 2 is 1.95 bits per heavy atom.